The highest BCUT2D eigenvalue weighted by Crippen LogP contribution is 2.47. The molecule has 1 aliphatic rings. The molecular formula is C8H14O2. The maximum Gasteiger partial charge on any atom is 0.309 e. The third kappa shape index (κ3) is 1.02. The molecule has 2 nitrogen and oxygen atoms in total. The van der Waals surface area contributed by atoms with Gasteiger partial charge >= 0.3 is 5.97 Å². The lowest BCUT2D eigenvalue weighted by molar-refractivity contribution is -0.149. The van der Waals surface area contributed by atoms with Crippen LogP contribution in [0.2, 0.25) is 0 Å². The van der Waals surface area contributed by atoms with Crippen LogP contribution < -0.4 is 0 Å². The van der Waals surface area contributed by atoms with Gasteiger partial charge in [-0.05, 0) is 32.1 Å². The number of rotatable bonds is 3. The van der Waals surface area contributed by atoms with Crippen molar-refractivity contribution in [1.29, 1.82) is 0 Å². The number of carboxylic acid groups (broad SMARTS) is 1. The Labute approximate surface area is 61.2 Å². The average Bonchev–Trinajstić information content (AvgIpc) is 2.67. The maximum absolute atomic E-state index is 10.7. The van der Waals surface area contributed by atoms with Crippen molar-refractivity contribution < 1.29 is 9.90 Å². The monoisotopic (exact) mass is 142 g/mol. The Morgan fingerprint density at radius 2 is 2.20 bits per heavy atom. The summed E-state index contributed by atoms with van der Waals surface area (Å²) in [6, 6.07) is 0. The number of hydrogen-bond donors (Lipinski definition) is 1. The lowest BCUT2D eigenvalue weighted by Gasteiger charge is -2.21. The van der Waals surface area contributed by atoms with E-state index < -0.39 is 11.4 Å². The summed E-state index contributed by atoms with van der Waals surface area (Å²) in [6.45, 7) is 3.80. The summed E-state index contributed by atoms with van der Waals surface area (Å²) in [4.78, 5) is 10.7. The molecule has 2 heteroatoms. The van der Waals surface area contributed by atoms with Crippen molar-refractivity contribution in [2.24, 2.45) is 11.3 Å². The molecule has 1 aliphatic carbocycles. The fraction of sp³-hybridized carbons (Fsp3) is 0.875. The fourth-order valence-corrected chi connectivity index (χ4v) is 1.33. The summed E-state index contributed by atoms with van der Waals surface area (Å²) in [7, 11) is 0. The molecule has 0 bridgehead atoms. The SMILES string of the molecule is CCC(C)(C(=O)O)C1CC1. The lowest BCUT2D eigenvalue weighted by atomic mass is 9.82. The summed E-state index contributed by atoms with van der Waals surface area (Å²) in [5, 5.41) is 8.84. The average molecular weight is 142 g/mol. The first-order chi connectivity index (χ1) is 4.61. The van der Waals surface area contributed by atoms with Crippen molar-refractivity contribution in [2.45, 2.75) is 33.1 Å². The van der Waals surface area contributed by atoms with Gasteiger partial charge in [0.1, 0.15) is 0 Å². The lowest BCUT2D eigenvalue weighted by Crippen LogP contribution is -2.28. The van der Waals surface area contributed by atoms with Crippen LogP contribution in [0.5, 0.6) is 0 Å². The largest absolute Gasteiger partial charge is 0.481 e. The summed E-state index contributed by atoms with van der Waals surface area (Å²) in [5.41, 5.74) is -0.431. The number of hydrogen-bond acceptors (Lipinski definition) is 1. The van der Waals surface area contributed by atoms with Crippen LogP contribution in [0.4, 0.5) is 0 Å². The second kappa shape index (κ2) is 2.26. The Morgan fingerprint density at radius 1 is 1.70 bits per heavy atom. The zero-order valence-electron chi connectivity index (χ0n) is 6.55. The van der Waals surface area contributed by atoms with Crippen LogP contribution in [-0.4, -0.2) is 11.1 Å². The molecule has 0 aromatic carbocycles. The van der Waals surface area contributed by atoms with E-state index in [1.54, 1.807) is 0 Å². The van der Waals surface area contributed by atoms with Gasteiger partial charge < -0.3 is 5.11 Å². The minimum absolute atomic E-state index is 0.431. The van der Waals surface area contributed by atoms with E-state index in [2.05, 4.69) is 0 Å². The van der Waals surface area contributed by atoms with Crippen molar-refractivity contribution >= 4 is 5.97 Å². The molecule has 58 valence electrons. The molecule has 0 radical (unpaired) electrons. The molecule has 1 atom stereocenters. The molecule has 0 aromatic rings. The van der Waals surface area contributed by atoms with Crippen LogP contribution in [0.1, 0.15) is 33.1 Å². The standard InChI is InChI=1S/C8H14O2/c1-3-8(2,7(9)10)6-4-5-6/h6H,3-5H2,1-2H3,(H,9,10). The molecular weight excluding hydrogens is 128 g/mol. The van der Waals surface area contributed by atoms with E-state index in [-0.39, 0.29) is 0 Å². The summed E-state index contributed by atoms with van der Waals surface area (Å²) in [5.74, 6) is -0.174. The Hall–Kier alpha value is -0.530. The summed E-state index contributed by atoms with van der Waals surface area (Å²) < 4.78 is 0. The van der Waals surface area contributed by atoms with Crippen molar-refractivity contribution in [3.8, 4) is 0 Å². The predicted molar refractivity (Wildman–Crippen MR) is 38.8 cm³/mol. The molecule has 1 unspecified atom stereocenters. The van der Waals surface area contributed by atoms with Crippen LogP contribution >= 0.6 is 0 Å². The smallest absolute Gasteiger partial charge is 0.309 e. The van der Waals surface area contributed by atoms with E-state index in [0.29, 0.717) is 5.92 Å². The Morgan fingerprint density at radius 3 is 2.30 bits per heavy atom. The Kier molecular flexibility index (Phi) is 1.71. The number of aliphatic carboxylic acids is 1. The van der Waals surface area contributed by atoms with Crippen LogP contribution in [0.3, 0.4) is 0 Å². The predicted octanol–water partition coefficient (Wildman–Crippen LogP) is 1.90. The van der Waals surface area contributed by atoms with E-state index in [0.717, 1.165) is 19.3 Å². The number of carboxylic acids is 1. The van der Waals surface area contributed by atoms with Gasteiger partial charge in [0.2, 0.25) is 0 Å². The molecule has 0 aliphatic heterocycles. The van der Waals surface area contributed by atoms with Crippen LogP contribution in [0.15, 0.2) is 0 Å². The van der Waals surface area contributed by atoms with Crippen LogP contribution in [0.25, 0.3) is 0 Å². The van der Waals surface area contributed by atoms with Gasteiger partial charge in [0.25, 0.3) is 0 Å². The molecule has 1 rings (SSSR count). The molecule has 1 N–H and O–H groups in total. The second-order valence-electron chi connectivity index (χ2n) is 3.35. The van der Waals surface area contributed by atoms with E-state index in [9.17, 15) is 4.79 Å². The van der Waals surface area contributed by atoms with Gasteiger partial charge in [0.15, 0.2) is 0 Å². The molecule has 0 aromatic heterocycles. The molecule has 0 spiro atoms. The van der Waals surface area contributed by atoms with E-state index in [1.165, 1.54) is 0 Å². The third-order valence-corrected chi connectivity index (χ3v) is 2.70. The Bertz CT molecular complexity index is 149. The van der Waals surface area contributed by atoms with Gasteiger partial charge in [-0.2, -0.15) is 0 Å². The minimum Gasteiger partial charge on any atom is -0.481 e. The van der Waals surface area contributed by atoms with E-state index >= 15 is 0 Å². The number of carbonyl (C=O) groups is 1. The zero-order chi connectivity index (χ0) is 7.78. The molecule has 0 saturated heterocycles. The van der Waals surface area contributed by atoms with Gasteiger partial charge in [0, 0.05) is 0 Å². The third-order valence-electron chi connectivity index (χ3n) is 2.70. The molecule has 1 saturated carbocycles. The van der Waals surface area contributed by atoms with Crippen LogP contribution in [-0.2, 0) is 4.79 Å². The van der Waals surface area contributed by atoms with Gasteiger partial charge in [-0.15, -0.1) is 0 Å². The maximum atomic E-state index is 10.7. The normalized spacial score (nSPS) is 23.8. The zero-order valence-corrected chi connectivity index (χ0v) is 6.55. The van der Waals surface area contributed by atoms with Gasteiger partial charge in [-0.25, -0.2) is 0 Å². The van der Waals surface area contributed by atoms with E-state index in [1.807, 2.05) is 13.8 Å². The first-order valence-electron chi connectivity index (χ1n) is 3.84. The topological polar surface area (TPSA) is 37.3 Å². The quantitative estimate of drug-likeness (QED) is 0.653. The van der Waals surface area contributed by atoms with Gasteiger partial charge in [0.05, 0.1) is 5.41 Å². The molecule has 1 fully saturated rings. The summed E-state index contributed by atoms with van der Waals surface area (Å²) in [6.07, 6.45) is 2.97. The van der Waals surface area contributed by atoms with Crippen molar-refractivity contribution in [3.63, 3.8) is 0 Å². The molecule has 10 heavy (non-hydrogen) atoms. The van der Waals surface area contributed by atoms with Gasteiger partial charge in [-0.1, -0.05) is 6.92 Å². The second-order valence-corrected chi connectivity index (χ2v) is 3.35. The van der Waals surface area contributed by atoms with E-state index in [4.69, 9.17) is 5.11 Å². The van der Waals surface area contributed by atoms with Crippen molar-refractivity contribution in [1.82, 2.24) is 0 Å². The Balaban J connectivity index is 2.65. The minimum atomic E-state index is -0.627. The highest BCUT2D eigenvalue weighted by atomic mass is 16.4. The van der Waals surface area contributed by atoms with Crippen molar-refractivity contribution in [2.75, 3.05) is 0 Å². The first-order valence-corrected chi connectivity index (χ1v) is 3.84. The fourth-order valence-electron chi connectivity index (χ4n) is 1.33. The summed E-state index contributed by atoms with van der Waals surface area (Å²) >= 11 is 0. The molecule has 0 amide bonds. The van der Waals surface area contributed by atoms with Gasteiger partial charge in [-0.3, -0.25) is 4.79 Å². The molecule has 0 heterocycles. The first kappa shape index (κ1) is 7.58. The van der Waals surface area contributed by atoms with Crippen LogP contribution in [0, 0.1) is 11.3 Å². The highest BCUT2D eigenvalue weighted by molar-refractivity contribution is 5.74. The highest BCUT2D eigenvalue weighted by Gasteiger charge is 2.45. The van der Waals surface area contributed by atoms with Crippen molar-refractivity contribution in [3.05, 3.63) is 0 Å².